The Morgan fingerprint density at radius 2 is 1.69 bits per heavy atom. The summed E-state index contributed by atoms with van der Waals surface area (Å²) < 4.78 is 29.5. The van der Waals surface area contributed by atoms with Crippen molar-refractivity contribution in [2.24, 2.45) is 5.92 Å². The van der Waals surface area contributed by atoms with E-state index in [2.05, 4.69) is 22.1 Å². The number of nitriles is 1. The Hall–Kier alpha value is -2.89. The van der Waals surface area contributed by atoms with Crippen LogP contribution in [0.1, 0.15) is 32.1 Å². The maximum atomic E-state index is 13.0. The van der Waals surface area contributed by atoms with E-state index in [0.717, 1.165) is 67.5 Å². The van der Waals surface area contributed by atoms with Gasteiger partial charge in [-0.2, -0.15) is 14.7 Å². The van der Waals surface area contributed by atoms with Crippen molar-refractivity contribution in [2.75, 3.05) is 31.1 Å². The van der Waals surface area contributed by atoms with E-state index in [9.17, 15) is 13.7 Å². The summed E-state index contributed by atoms with van der Waals surface area (Å²) in [5.41, 5.74) is 4.03. The molecule has 2 aromatic heterocycles. The van der Waals surface area contributed by atoms with Gasteiger partial charge in [0.05, 0.1) is 28.4 Å². The van der Waals surface area contributed by atoms with E-state index in [1.165, 1.54) is 0 Å². The SMILES string of the molecule is N#CC1CCN(c2cccn3ncc(-c4ccc(S(=O)(=O)N5CCCCC5)cc4)c23)CC1. The first kappa shape index (κ1) is 21.0. The van der Waals surface area contributed by atoms with Gasteiger partial charge in [0.15, 0.2) is 0 Å². The molecule has 0 spiro atoms. The second-order valence-electron chi connectivity index (χ2n) is 8.62. The highest BCUT2D eigenvalue weighted by molar-refractivity contribution is 7.89. The second-order valence-corrected chi connectivity index (χ2v) is 10.6. The zero-order valence-corrected chi connectivity index (χ0v) is 18.8. The summed E-state index contributed by atoms with van der Waals surface area (Å²) in [5.74, 6) is 0.129. The van der Waals surface area contributed by atoms with Crippen molar-refractivity contribution < 1.29 is 8.42 Å². The van der Waals surface area contributed by atoms with E-state index >= 15 is 0 Å². The molecule has 2 aliphatic rings. The third-order valence-electron chi connectivity index (χ3n) is 6.66. The fourth-order valence-electron chi connectivity index (χ4n) is 4.80. The topological polar surface area (TPSA) is 81.7 Å². The minimum atomic E-state index is -3.45. The van der Waals surface area contributed by atoms with Gasteiger partial charge in [0.25, 0.3) is 0 Å². The van der Waals surface area contributed by atoms with Gasteiger partial charge in [0, 0.05) is 43.9 Å². The quantitative estimate of drug-likeness (QED) is 0.603. The summed E-state index contributed by atoms with van der Waals surface area (Å²) >= 11 is 0. The molecule has 0 radical (unpaired) electrons. The number of aromatic nitrogens is 2. The van der Waals surface area contributed by atoms with Crippen LogP contribution in [0, 0.1) is 17.2 Å². The van der Waals surface area contributed by atoms with Crippen molar-refractivity contribution in [3.8, 4) is 17.2 Å². The zero-order valence-electron chi connectivity index (χ0n) is 18.0. The molecule has 0 bridgehead atoms. The molecule has 8 heteroatoms. The van der Waals surface area contributed by atoms with E-state index in [1.54, 1.807) is 16.4 Å². The van der Waals surface area contributed by atoms with Gasteiger partial charge in [-0.25, -0.2) is 12.9 Å². The summed E-state index contributed by atoms with van der Waals surface area (Å²) in [6.07, 6.45) is 8.45. The van der Waals surface area contributed by atoms with E-state index in [0.29, 0.717) is 18.0 Å². The van der Waals surface area contributed by atoms with E-state index in [4.69, 9.17) is 0 Å². The summed E-state index contributed by atoms with van der Waals surface area (Å²) in [4.78, 5) is 2.67. The first-order valence-corrected chi connectivity index (χ1v) is 12.7. The Morgan fingerprint density at radius 3 is 2.38 bits per heavy atom. The average molecular weight is 450 g/mol. The maximum absolute atomic E-state index is 13.0. The van der Waals surface area contributed by atoms with Crippen LogP contribution in [0.3, 0.4) is 0 Å². The highest BCUT2D eigenvalue weighted by Gasteiger charge is 2.26. The van der Waals surface area contributed by atoms with Crippen LogP contribution in [0.2, 0.25) is 0 Å². The number of hydrogen-bond acceptors (Lipinski definition) is 5. The Morgan fingerprint density at radius 1 is 0.969 bits per heavy atom. The molecule has 1 aromatic carbocycles. The highest BCUT2D eigenvalue weighted by Crippen LogP contribution is 2.34. The molecule has 166 valence electrons. The molecule has 4 heterocycles. The molecule has 2 aliphatic heterocycles. The van der Waals surface area contributed by atoms with Gasteiger partial charge in [-0.15, -0.1) is 0 Å². The number of rotatable bonds is 4. The zero-order chi connectivity index (χ0) is 22.1. The van der Waals surface area contributed by atoms with Crippen LogP contribution in [0.15, 0.2) is 53.7 Å². The lowest BCUT2D eigenvalue weighted by atomic mass is 9.97. The number of benzene rings is 1. The third-order valence-corrected chi connectivity index (χ3v) is 8.57. The predicted octanol–water partition coefficient (Wildman–Crippen LogP) is 3.92. The molecule has 0 atom stereocenters. The first-order chi connectivity index (χ1) is 15.6. The molecule has 0 aliphatic carbocycles. The maximum Gasteiger partial charge on any atom is 0.243 e. The fraction of sp³-hybridized carbons (Fsp3) is 0.417. The molecule has 5 rings (SSSR count). The lowest BCUT2D eigenvalue weighted by Crippen LogP contribution is -2.35. The molecule has 0 N–H and O–H groups in total. The number of piperidine rings is 2. The van der Waals surface area contributed by atoms with Gasteiger partial charge in [0.1, 0.15) is 0 Å². The second kappa shape index (κ2) is 8.57. The standard InChI is InChI=1S/C24H27N5O2S/c25-17-19-10-15-27(16-11-19)23-5-4-14-29-24(23)22(18-26-29)20-6-8-21(9-7-20)32(30,31)28-12-2-1-3-13-28/h4-9,14,18-19H,1-3,10-13,15-16H2. The summed E-state index contributed by atoms with van der Waals surface area (Å²) in [7, 11) is -3.45. The van der Waals surface area contributed by atoms with Crippen LogP contribution in [0.4, 0.5) is 5.69 Å². The van der Waals surface area contributed by atoms with E-state index < -0.39 is 10.0 Å². The Kier molecular flexibility index (Phi) is 5.62. The van der Waals surface area contributed by atoms with Gasteiger partial charge in [-0.1, -0.05) is 18.6 Å². The summed E-state index contributed by atoms with van der Waals surface area (Å²) in [6.45, 7) is 2.89. The fourth-order valence-corrected chi connectivity index (χ4v) is 6.32. The van der Waals surface area contributed by atoms with Crippen LogP contribution in [0.5, 0.6) is 0 Å². The van der Waals surface area contributed by atoms with Crippen LogP contribution in [-0.2, 0) is 10.0 Å². The van der Waals surface area contributed by atoms with Crippen molar-refractivity contribution >= 4 is 21.2 Å². The first-order valence-electron chi connectivity index (χ1n) is 11.3. The van der Waals surface area contributed by atoms with Gasteiger partial charge >= 0.3 is 0 Å². The molecule has 0 saturated carbocycles. The molecule has 0 unspecified atom stereocenters. The molecule has 7 nitrogen and oxygen atoms in total. The molecular weight excluding hydrogens is 422 g/mol. The van der Waals surface area contributed by atoms with Crippen LogP contribution >= 0.6 is 0 Å². The molecule has 0 amide bonds. The smallest absolute Gasteiger partial charge is 0.243 e. The van der Waals surface area contributed by atoms with Crippen molar-refractivity contribution in [1.82, 2.24) is 13.9 Å². The van der Waals surface area contributed by atoms with Gasteiger partial charge in [-0.05, 0) is 55.5 Å². The number of fused-ring (bicyclic) bond motifs is 1. The summed E-state index contributed by atoms with van der Waals surface area (Å²) in [6, 6.07) is 13.7. The van der Waals surface area contributed by atoms with E-state index in [-0.39, 0.29) is 5.92 Å². The Labute approximate surface area is 188 Å². The number of nitrogens with zero attached hydrogens (tertiary/aromatic N) is 5. The van der Waals surface area contributed by atoms with E-state index in [1.807, 2.05) is 35.1 Å². The lowest BCUT2D eigenvalue weighted by Gasteiger charge is -2.31. The van der Waals surface area contributed by atoms with Crippen LogP contribution in [0.25, 0.3) is 16.6 Å². The minimum absolute atomic E-state index is 0.129. The van der Waals surface area contributed by atoms with Crippen molar-refractivity contribution in [3.63, 3.8) is 0 Å². The number of pyridine rings is 1. The lowest BCUT2D eigenvalue weighted by molar-refractivity contribution is 0.346. The van der Waals surface area contributed by atoms with Gasteiger partial charge < -0.3 is 4.90 Å². The van der Waals surface area contributed by atoms with Crippen molar-refractivity contribution in [2.45, 2.75) is 37.0 Å². The average Bonchev–Trinajstić information content (AvgIpc) is 3.29. The molecule has 2 fully saturated rings. The number of hydrogen-bond donors (Lipinski definition) is 0. The van der Waals surface area contributed by atoms with Crippen LogP contribution < -0.4 is 4.90 Å². The largest absolute Gasteiger partial charge is 0.370 e. The number of sulfonamides is 1. The Bertz CT molecular complexity index is 1250. The Balaban J connectivity index is 1.47. The molecule has 3 aromatic rings. The summed E-state index contributed by atoms with van der Waals surface area (Å²) in [5, 5.41) is 13.8. The number of anilines is 1. The van der Waals surface area contributed by atoms with Crippen molar-refractivity contribution in [1.29, 1.82) is 5.26 Å². The van der Waals surface area contributed by atoms with Gasteiger partial charge in [-0.3, -0.25) is 0 Å². The monoisotopic (exact) mass is 449 g/mol. The van der Waals surface area contributed by atoms with Crippen molar-refractivity contribution in [3.05, 3.63) is 48.8 Å². The highest BCUT2D eigenvalue weighted by atomic mass is 32.2. The molecule has 32 heavy (non-hydrogen) atoms. The predicted molar refractivity (Wildman–Crippen MR) is 124 cm³/mol. The normalized spacial score (nSPS) is 18.7. The minimum Gasteiger partial charge on any atom is -0.370 e. The molecular formula is C24H27N5O2S. The third kappa shape index (κ3) is 3.76. The van der Waals surface area contributed by atoms with Crippen LogP contribution in [-0.4, -0.2) is 48.5 Å². The molecule has 2 saturated heterocycles. The van der Waals surface area contributed by atoms with Gasteiger partial charge in [0.2, 0.25) is 10.0 Å².